The Balaban J connectivity index is 1.40. The molecular weight excluding hydrogens is 777 g/mol. The summed E-state index contributed by atoms with van der Waals surface area (Å²) >= 11 is 30.2. The van der Waals surface area contributed by atoms with Crippen LogP contribution in [0.15, 0.2) is 76.2 Å². The average molecular weight is 799 g/mol. The van der Waals surface area contributed by atoms with Gasteiger partial charge in [-0.25, -0.2) is 0 Å². The lowest BCUT2D eigenvalue weighted by Gasteiger charge is -2.06. The predicted molar refractivity (Wildman–Crippen MR) is 217 cm³/mol. The van der Waals surface area contributed by atoms with Gasteiger partial charge >= 0.3 is 0 Å². The fraction of sp³-hybridized carbons (Fsp3) is 0.273. The summed E-state index contributed by atoms with van der Waals surface area (Å²) in [5.41, 5.74) is 0. The molecule has 4 rings (SSSR count). The van der Waals surface area contributed by atoms with Gasteiger partial charge in [0.05, 0.1) is 42.4 Å². The smallest absolute Gasteiger partial charge is 0.0668 e. The molecule has 16 heteroatoms. The maximum absolute atomic E-state index is 4.16. The van der Waals surface area contributed by atoms with Crippen molar-refractivity contribution in [2.75, 3.05) is 35.2 Å². The van der Waals surface area contributed by atoms with Crippen LogP contribution in [0.1, 0.15) is 0 Å². The lowest BCUT2D eigenvalue weighted by molar-refractivity contribution is 2.05. The molecule has 0 unspecified atom stereocenters. The molecular formula is C22H22S16. The summed E-state index contributed by atoms with van der Waals surface area (Å²) in [6, 6.07) is 0. The van der Waals surface area contributed by atoms with E-state index in [0.717, 1.165) is 10.2 Å². The molecule has 0 atom stereocenters. The zero-order chi connectivity index (χ0) is 27.1. The molecule has 0 aliphatic carbocycles. The van der Waals surface area contributed by atoms with Crippen molar-refractivity contribution in [2.45, 2.75) is 0 Å². The highest BCUT2D eigenvalue weighted by Gasteiger charge is 2.26. The molecule has 4 aliphatic rings. The van der Waals surface area contributed by atoms with E-state index in [0.29, 0.717) is 0 Å². The van der Waals surface area contributed by atoms with E-state index < -0.39 is 0 Å². The van der Waals surface area contributed by atoms with Gasteiger partial charge in [-0.05, 0) is 37.2 Å². The standard InChI is InChI=1S/C22H22S16/c1-11-31-17(25-5)19(33-11)27-9-29-21-22(30-10-28-20-18(26-6)32-12(2)34-20)38-14(37-21)8-7-13-35-15(23-3)16(24-4)36-13/h7-8H,1-2,9-10H2,3-6H3. The normalized spacial score (nSPS) is 20.4. The second kappa shape index (κ2) is 17.9. The van der Waals surface area contributed by atoms with Crippen molar-refractivity contribution in [2.24, 2.45) is 0 Å². The van der Waals surface area contributed by atoms with Crippen LogP contribution in [0.25, 0.3) is 0 Å². The van der Waals surface area contributed by atoms with Gasteiger partial charge in [-0.1, -0.05) is 107 Å². The lowest BCUT2D eigenvalue weighted by Crippen LogP contribution is -1.77. The summed E-state index contributed by atoms with van der Waals surface area (Å²) < 4.78 is 16.5. The first kappa shape index (κ1) is 34.4. The van der Waals surface area contributed by atoms with Gasteiger partial charge in [0.15, 0.2) is 0 Å². The van der Waals surface area contributed by atoms with Gasteiger partial charge in [0.25, 0.3) is 0 Å². The largest absolute Gasteiger partial charge is 0.121 e. The Morgan fingerprint density at radius 1 is 0.447 bits per heavy atom. The Kier molecular flexibility index (Phi) is 16.2. The van der Waals surface area contributed by atoms with Crippen LogP contribution >= 0.6 is 188 Å². The van der Waals surface area contributed by atoms with Gasteiger partial charge in [0, 0.05) is 18.6 Å². The van der Waals surface area contributed by atoms with E-state index in [2.05, 4.69) is 50.3 Å². The molecule has 0 aromatic carbocycles. The summed E-state index contributed by atoms with van der Waals surface area (Å²) in [6.45, 7) is 8.32. The van der Waals surface area contributed by atoms with Crippen LogP contribution in [0.2, 0.25) is 0 Å². The zero-order valence-corrected chi connectivity index (χ0v) is 33.6. The summed E-state index contributed by atoms with van der Waals surface area (Å²) in [5.74, 6) is 0. The van der Waals surface area contributed by atoms with Crippen LogP contribution in [-0.4, -0.2) is 35.2 Å². The monoisotopic (exact) mass is 798 g/mol. The van der Waals surface area contributed by atoms with Crippen LogP contribution in [0, 0.1) is 0 Å². The Morgan fingerprint density at radius 2 is 0.711 bits per heavy atom. The van der Waals surface area contributed by atoms with E-state index in [4.69, 9.17) is 0 Å². The summed E-state index contributed by atoms with van der Waals surface area (Å²) in [4.78, 5) is 0. The molecule has 0 aromatic heterocycles. The van der Waals surface area contributed by atoms with Gasteiger partial charge in [-0.15, -0.1) is 94.1 Å². The fourth-order valence-corrected chi connectivity index (χ4v) is 24.3. The highest BCUT2D eigenvalue weighted by atomic mass is 32.3. The molecule has 0 bridgehead atoms. The first-order chi connectivity index (χ1) is 18.4. The molecule has 0 saturated heterocycles. The molecule has 0 N–H and O–H groups in total. The van der Waals surface area contributed by atoms with E-state index in [1.807, 2.05) is 188 Å². The minimum Gasteiger partial charge on any atom is -0.121 e. The maximum Gasteiger partial charge on any atom is 0.0668 e. The van der Waals surface area contributed by atoms with Gasteiger partial charge in [0.2, 0.25) is 0 Å². The zero-order valence-electron chi connectivity index (χ0n) is 20.5. The van der Waals surface area contributed by atoms with E-state index in [-0.39, 0.29) is 0 Å². The van der Waals surface area contributed by atoms with E-state index in [9.17, 15) is 0 Å². The topological polar surface area (TPSA) is 0 Å². The van der Waals surface area contributed by atoms with Crippen LogP contribution in [-0.2, 0) is 0 Å². The van der Waals surface area contributed by atoms with Crippen LogP contribution in [0.5, 0.6) is 0 Å². The third-order valence-corrected chi connectivity index (χ3v) is 25.0. The Hall–Kier alpha value is 3.52. The second-order valence-electron chi connectivity index (χ2n) is 6.46. The van der Waals surface area contributed by atoms with Crippen LogP contribution in [0.4, 0.5) is 0 Å². The predicted octanol–water partition coefficient (Wildman–Crippen LogP) is 14.3. The van der Waals surface area contributed by atoms with Crippen LogP contribution < -0.4 is 0 Å². The minimum absolute atomic E-state index is 1.02. The highest BCUT2D eigenvalue weighted by molar-refractivity contribution is 8.46. The first-order valence-electron chi connectivity index (χ1n) is 10.3. The van der Waals surface area contributed by atoms with Gasteiger partial charge in [0.1, 0.15) is 0 Å². The number of hydrogen-bond donors (Lipinski definition) is 0. The fourth-order valence-electron chi connectivity index (χ4n) is 2.59. The Morgan fingerprint density at radius 3 is 1.05 bits per heavy atom. The van der Waals surface area contributed by atoms with Crippen molar-refractivity contribution in [1.82, 2.24) is 0 Å². The van der Waals surface area contributed by atoms with Crippen molar-refractivity contribution in [3.63, 3.8) is 0 Å². The minimum atomic E-state index is 1.02. The Labute approximate surface area is 295 Å². The van der Waals surface area contributed by atoms with E-state index >= 15 is 0 Å². The van der Waals surface area contributed by atoms with Crippen molar-refractivity contribution in [1.29, 1.82) is 0 Å². The third-order valence-electron chi connectivity index (χ3n) is 4.12. The quantitative estimate of drug-likeness (QED) is 0.162. The Bertz CT molecular complexity index is 1070. The maximum atomic E-state index is 4.16. The van der Waals surface area contributed by atoms with E-state index in [1.54, 1.807) is 0 Å². The van der Waals surface area contributed by atoms with Crippen LogP contribution in [0.3, 0.4) is 0 Å². The van der Waals surface area contributed by atoms with Crippen molar-refractivity contribution in [3.8, 4) is 0 Å². The molecule has 4 aliphatic heterocycles. The van der Waals surface area contributed by atoms with Crippen molar-refractivity contribution >= 4 is 188 Å². The second-order valence-corrected chi connectivity index (χ2v) is 26.1. The molecule has 0 spiro atoms. The third kappa shape index (κ3) is 10.0. The number of allylic oxidation sites excluding steroid dienone is 2. The van der Waals surface area contributed by atoms with Gasteiger partial charge in [-0.2, -0.15) is 0 Å². The van der Waals surface area contributed by atoms with Crippen molar-refractivity contribution in [3.05, 3.63) is 76.2 Å². The average Bonchev–Trinajstić information content (AvgIpc) is 3.68. The van der Waals surface area contributed by atoms with Gasteiger partial charge < -0.3 is 0 Å². The molecule has 206 valence electrons. The number of rotatable bonds is 13. The summed E-state index contributed by atoms with van der Waals surface area (Å²) in [5, 5.41) is 2.04. The molecule has 0 aromatic rings. The van der Waals surface area contributed by atoms with Gasteiger partial charge in [-0.3, -0.25) is 0 Å². The molecule has 0 radical (unpaired) electrons. The summed E-state index contributed by atoms with van der Waals surface area (Å²) in [7, 11) is 0. The molecule has 0 nitrogen and oxygen atoms in total. The van der Waals surface area contributed by atoms with Crippen molar-refractivity contribution < 1.29 is 0 Å². The SMILES string of the molecule is C=C1SC(SC)=C(SCSC2=C(SCSC3=C(SC)SC(=C)S3)SC(=CC=C3SC(SC)=C(SC)S3)S2)S1. The lowest BCUT2D eigenvalue weighted by atomic mass is 10.6. The molecule has 0 amide bonds. The molecule has 0 fully saturated rings. The van der Waals surface area contributed by atoms with E-state index in [1.165, 1.54) is 50.8 Å². The number of hydrogen-bond acceptors (Lipinski definition) is 16. The molecule has 4 heterocycles. The molecule has 38 heavy (non-hydrogen) atoms. The summed E-state index contributed by atoms with van der Waals surface area (Å²) in [6.07, 6.45) is 13.3. The number of thioether (sulfide) groups is 16. The first-order valence-corrected chi connectivity index (χ1v) is 25.7. The highest BCUT2D eigenvalue weighted by Crippen LogP contribution is 2.62. The molecule has 0 saturated carbocycles.